The van der Waals surface area contributed by atoms with Crippen molar-refractivity contribution in [3.63, 3.8) is 0 Å². The van der Waals surface area contributed by atoms with Gasteiger partial charge in [0, 0.05) is 35.3 Å². The lowest BCUT2D eigenvalue weighted by atomic mass is 9.95. The highest BCUT2D eigenvalue weighted by Gasteiger charge is 2.27. The number of carbonyl (C=O) groups is 1. The van der Waals surface area contributed by atoms with Gasteiger partial charge >= 0.3 is 0 Å². The molecule has 1 N–H and O–H groups in total. The van der Waals surface area contributed by atoms with Gasteiger partial charge in [-0.25, -0.2) is 14.4 Å². The number of nitrogens with one attached hydrogen (secondary N) is 1. The summed E-state index contributed by atoms with van der Waals surface area (Å²) in [6, 6.07) is 12.6. The standard InChI is InChI=1S/C23H20ClFN4OS/c24-16-5-2-1-4-15(16)12-26-23(30)14-8-10-29(11-9-14)22-21-20(27-13-28-22)19-17(25)6-3-7-18(19)31-21/h1-7,13-14H,8-12H2,(H,26,30). The van der Waals surface area contributed by atoms with Gasteiger partial charge in [-0.05, 0) is 36.6 Å². The van der Waals surface area contributed by atoms with Crippen molar-refractivity contribution in [2.24, 2.45) is 5.92 Å². The highest BCUT2D eigenvalue weighted by atomic mass is 35.5. The molecule has 2 aromatic carbocycles. The van der Waals surface area contributed by atoms with Crippen LogP contribution in [0.4, 0.5) is 10.2 Å². The summed E-state index contributed by atoms with van der Waals surface area (Å²) in [6.07, 6.45) is 2.97. The predicted molar refractivity (Wildman–Crippen MR) is 123 cm³/mol. The number of benzene rings is 2. The van der Waals surface area contributed by atoms with Crippen molar-refractivity contribution in [3.8, 4) is 0 Å². The Hall–Kier alpha value is -2.77. The van der Waals surface area contributed by atoms with E-state index in [4.69, 9.17) is 11.6 Å². The van der Waals surface area contributed by atoms with Crippen LogP contribution in [0.3, 0.4) is 0 Å². The second-order valence-corrected chi connectivity index (χ2v) is 9.12. The average molecular weight is 455 g/mol. The Morgan fingerprint density at radius 2 is 1.97 bits per heavy atom. The molecule has 0 spiro atoms. The van der Waals surface area contributed by atoms with Gasteiger partial charge in [-0.15, -0.1) is 11.3 Å². The number of hydrogen-bond acceptors (Lipinski definition) is 5. The van der Waals surface area contributed by atoms with Crippen LogP contribution in [0.15, 0.2) is 48.8 Å². The summed E-state index contributed by atoms with van der Waals surface area (Å²) < 4.78 is 16.1. The molecule has 1 aliphatic heterocycles. The van der Waals surface area contributed by atoms with Gasteiger partial charge in [-0.1, -0.05) is 35.9 Å². The van der Waals surface area contributed by atoms with Gasteiger partial charge in [0.25, 0.3) is 0 Å². The molecule has 0 radical (unpaired) electrons. The molecule has 0 unspecified atom stereocenters. The van der Waals surface area contributed by atoms with E-state index in [0.717, 1.165) is 33.6 Å². The first-order chi connectivity index (χ1) is 15.1. The van der Waals surface area contributed by atoms with Crippen molar-refractivity contribution in [2.75, 3.05) is 18.0 Å². The number of fused-ring (bicyclic) bond motifs is 3. The van der Waals surface area contributed by atoms with Crippen LogP contribution in [0.2, 0.25) is 5.02 Å². The zero-order valence-corrected chi connectivity index (χ0v) is 18.2. The Labute approximate surface area is 187 Å². The van der Waals surface area contributed by atoms with E-state index in [1.807, 2.05) is 30.3 Å². The van der Waals surface area contributed by atoms with Gasteiger partial charge in [0.15, 0.2) is 0 Å². The van der Waals surface area contributed by atoms with Crippen molar-refractivity contribution in [1.29, 1.82) is 0 Å². The Morgan fingerprint density at radius 3 is 2.77 bits per heavy atom. The second-order valence-electron chi connectivity index (χ2n) is 7.66. The topological polar surface area (TPSA) is 58.1 Å². The molecule has 31 heavy (non-hydrogen) atoms. The Bertz CT molecular complexity index is 1270. The molecule has 2 aromatic heterocycles. The van der Waals surface area contributed by atoms with E-state index in [9.17, 15) is 9.18 Å². The zero-order valence-electron chi connectivity index (χ0n) is 16.6. The van der Waals surface area contributed by atoms with Gasteiger partial charge in [0.05, 0.1) is 15.6 Å². The maximum Gasteiger partial charge on any atom is 0.223 e. The number of amides is 1. The van der Waals surface area contributed by atoms with Crippen LogP contribution >= 0.6 is 22.9 Å². The Morgan fingerprint density at radius 1 is 1.16 bits per heavy atom. The number of rotatable bonds is 4. The minimum Gasteiger partial charge on any atom is -0.355 e. The van der Waals surface area contributed by atoms with Gasteiger partial charge in [-0.2, -0.15) is 0 Å². The Balaban J connectivity index is 1.29. The number of hydrogen-bond donors (Lipinski definition) is 1. The van der Waals surface area contributed by atoms with Gasteiger partial charge in [-0.3, -0.25) is 4.79 Å². The second kappa shape index (κ2) is 8.40. The van der Waals surface area contributed by atoms with E-state index in [2.05, 4.69) is 20.2 Å². The molecule has 1 amide bonds. The van der Waals surface area contributed by atoms with Crippen molar-refractivity contribution >= 4 is 55.0 Å². The molecule has 0 bridgehead atoms. The number of aromatic nitrogens is 2. The van der Waals surface area contributed by atoms with E-state index in [1.54, 1.807) is 6.07 Å². The molecular formula is C23H20ClFN4OS. The van der Waals surface area contributed by atoms with E-state index in [0.29, 0.717) is 35.6 Å². The van der Waals surface area contributed by atoms with Crippen molar-refractivity contribution in [3.05, 3.63) is 65.2 Å². The molecule has 3 heterocycles. The number of nitrogens with zero attached hydrogens (tertiary/aromatic N) is 3. The molecule has 1 saturated heterocycles. The van der Waals surface area contributed by atoms with E-state index in [1.165, 1.54) is 23.7 Å². The molecule has 1 fully saturated rings. The van der Waals surface area contributed by atoms with Crippen molar-refractivity contribution in [2.45, 2.75) is 19.4 Å². The summed E-state index contributed by atoms with van der Waals surface area (Å²) in [4.78, 5) is 23.7. The SMILES string of the molecule is O=C(NCc1ccccc1Cl)C1CCN(c2ncnc3c2sc2cccc(F)c23)CC1. The largest absolute Gasteiger partial charge is 0.355 e. The van der Waals surface area contributed by atoms with Crippen LogP contribution in [0, 0.1) is 11.7 Å². The van der Waals surface area contributed by atoms with Gasteiger partial charge < -0.3 is 10.2 Å². The molecule has 158 valence electrons. The summed E-state index contributed by atoms with van der Waals surface area (Å²) >= 11 is 7.69. The molecule has 0 aliphatic carbocycles. The third-order valence-electron chi connectivity index (χ3n) is 5.79. The molecule has 5 nitrogen and oxygen atoms in total. The average Bonchev–Trinajstić information content (AvgIpc) is 3.18. The normalized spacial score (nSPS) is 15.0. The summed E-state index contributed by atoms with van der Waals surface area (Å²) in [5.74, 6) is 0.565. The zero-order chi connectivity index (χ0) is 21.4. The van der Waals surface area contributed by atoms with Crippen LogP contribution in [-0.2, 0) is 11.3 Å². The number of carbonyl (C=O) groups excluding carboxylic acids is 1. The monoisotopic (exact) mass is 454 g/mol. The summed E-state index contributed by atoms with van der Waals surface area (Å²) in [6.45, 7) is 1.86. The van der Waals surface area contributed by atoms with Gasteiger partial charge in [0.1, 0.15) is 18.0 Å². The van der Waals surface area contributed by atoms with Crippen LogP contribution in [-0.4, -0.2) is 29.0 Å². The molecule has 0 atom stereocenters. The predicted octanol–water partition coefficient (Wildman–Crippen LogP) is 5.17. The highest BCUT2D eigenvalue weighted by molar-refractivity contribution is 7.26. The van der Waals surface area contributed by atoms with Crippen LogP contribution in [0.25, 0.3) is 20.3 Å². The summed E-state index contributed by atoms with van der Waals surface area (Å²) in [5, 5.41) is 4.22. The van der Waals surface area contributed by atoms with E-state index >= 15 is 0 Å². The lowest BCUT2D eigenvalue weighted by Gasteiger charge is -2.32. The number of anilines is 1. The minimum absolute atomic E-state index is 0.0454. The van der Waals surface area contributed by atoms with E-state index in [-0.39, 0.29) is 17.6 Å². The third-order valence-corrected chi connectivity index (χ3v) is 7.29. The quantitative estimate of drug-likeness (QED) is 0.462. The first-order valence-corrected chi connectivity index (χ1v) is 11.4. The minimum atomic E-state index is -0.262. The number of halogens is 2. The fraction of sp³-hybridized carbons (Fsp3) is 0.261. The smallest absolute Gasteiger partial charge is 0.223 e. The summed E-state index contributed by atoms with van der Waals surface area (Å²) in [7, 11) is 0. The first kappa shape index (κ1) is 20.2. The number of thiophene rings is 1. The Kier molecular flexibility index (Phi) is 5.46. The first-order valence-electron chi connectivity index (χ1n) is 10.2. The maximum absolute atomic E-state index is 14.4. The van der Waals surface area contributed by atoms with Crippen LogP contribution in [0.5, 0.6) is 0 Å². The maximum atomic E-state index is 14.4. The molecule has 8 heteroatoms. The third kappa shape index (κ3) is 3.83. The summed E-state index contributed by atoms with van der Waals surface area (Å²) in [5.41, 5.74) is 1.57. The highest BCUT2D eigenvalue weighted by Crippen LogP contribution is 2.39. The molecule has 5 rings (SSSR count). The fourth-order valence-electron chi connectivity index (χ4n) is 4.11. The molecule has 4 aromatic rings. The van der Waals surface area contributed by atoms with Crippen molar-refractivity contribution in [1.82, 2.24) is 15.3 Å². The molecular weight excluding hydrogens is 435 g/mol. The molecule has 0 saturated carbocycles. The van der Waals surface area contributed by atoms with E-state index < -0.39 is 0 Å². The lowest BCUT2D eigenvalue weighted by Crippen LogP contribution is -2.40. The van der Waals surface area contributed by atoms with Crippen molar-refractivity contribution < 1.29 is 9.18 Å². The molecule has 1 aliphatic rings. The van der Waals surface area contributed by atoms with Crippen LogP contribution in [0.1, 0.15) is 18.4 Å². The number of piperidine rings is 1. The van der Waals surface area contributed by atoms with Crippen LogP contribution < -0.4 is 10.2 Å². The fourth-order valence-corrected chi connectivity index (χ4v) is 5.50. The lowest BCUT2D eigenvalue weighted by molar-refractivity contribution is -0.125. The van der Waals surface area contributed by atoms with Gasteiger partial charge in [0.2, 0.25) is 5.91 Å².